The number of para-hydroxylation sites is 1. The number of hydrogen-bond acceptors (Lipinski definition) is 4. The highest BCUT2D eigenvalue weighted by Crippen LogP contribution is 2.41. The number of hydrogen-bond donors (Lipinski definition) is 1. The Morgan fingerprint density at radius 3 is 2.50 bits per heavy atom. The topological polar surface area (TPSA) is 95.0 Å². The van der Waals surface area contributed by atoms with Crippen molar-refractivity contribution in [2.24, 2.45) is 0 Å². The zero-order chi connectivity index (χ0) is 19.6. The van der Waals surface area contributed by atoms with Crippen molar-refractivity contribution in [3.8, 4) is 0 Å². The Labute approximate surface area is 162 Å². The summed E-state index contributed by atoms with van der Waals surface area (Å²) in [5.41, 5.74) is 3.64. The van der Waals surface area contributed by atoms with Crippen molar-refractivity contribution in [1.82, 2.24) is 0 Å². The minimum atomic E-state index is -4.06. The summed E-state index contributed by atoms with van der Waals surface area (Å²) in [7, 11) is -4.06. The molecule has 1 amide bonds. The number of aliphatic carboxylic acids is 1. The molecule has 0 aliphatic carbocycles. The first-order chi connectivity index (χ1) is 13.4. The number of rotatable bonds is 3. The summed E-state index contributed by atoms with van der Waals surface area (Å²) in [5, 5.41) is 9.64. The van der Waals surface area contributed by atoms with E-state index in [1.165, 1.54) is 0 Å². The molecule has 0 saturated carbocycles. The molecule has 0 saturated heterocycles. The molecule has 7 nitrogen and oxygen atoms in total. The molecule has 28 heavy (non-hydrogen) atoms. The largest absolute Gasteiger partial charge is 0.480 e. The molecule has 0 bridgehead atoms. The minimum Gasteiger partial charge on any atom is -0.480 e. The van der Waals surface area contributed by atoms with Crippen molar-refractivity contribution in [1.29, 1.82) is 0 Å². The lowest BCUT2D eigenvalue weighted by Gasteiger charge is -2.28. The second-order valence-electron chi connectivity index (χ2n) is 7.37. The highest BCUT2D eigenvalue weighted by atomic mass is 32.2. The van der Waals surface area contributed by atoms with Crippen LogP contribution in [0, 0.1) is 0 Å². The second kappa shape index (κ2) is 5.81. The van der Waals surface area contributed by atoms with Gasteiger partial charge in [-0.05, 0) is 47.7 Å². The first-order valence-corrected chi connectivity index (χ1v) is 10.6. The number of sulfonamides is 1. The van der Waals surface area contributed by atoms with E-state index in [2.05, 4.69) is 0 Å². The maximum Gasteiger partial charge on any atom is 0.327 e. The van der Waals surface area contributed by atoms with Crippen LogP contribution in [0.15, 0.2) is 41.3 Å². The fourth-order valence-corrected chi connectivity index (χ4v) is 6.28. The molecule has 3 heterocycles. The predicted molar refractivity (Wildman–Crippen MR) is 102 cm³/mol. The number of carboxylic acids is 1. The number of carbonyl (C=O) groups is 2. The van der Waals surface area contributed by atoms with Gasteiger partial charge in [-0.2, -0.15) is 0 Å². The van der Waals surface area contributed by atoms with Crippen molar-refractivity contribution in [3.63, 3.8) is 0 Å². The molecule has 1 N–H and O–H groups in total. The third-order valence-corrected chi connectivity index (χ3v) is 7.59. The Hall–Kier alpha value is -2.87. The maximum absolute atomic E-state index is 13.5. The monoisotopic (exact) mass is 398 g/mol. The molecule has 2 aromatic rings. The van der Waals surface area contributed by atoms with E-state index in [1.807, 2.05) is 0 Å². The van der Waals surface area contributed by atoms with Gasteiger partial charge in [0.15, 0.2) is 0 Å². The molecular formula is C20H18N2O5S. The van der Waals surface area contributed by atoms with E-state index >= 15 is 0 Å². The van der Waals surface area contributed by atoms with Crippen LogP contribution in [0.3, 0.4) is 0 Å². The number of benzene rings is 2. The smallest absolute Gasteiger partial charge is 0.327 e. The van der Waals surface area contributed by atoms with E-state index in [9.17, 15) is 23.1 Å². The molecule has 1 unspecified atom stereocenters. The number of anilines is 2. The zero-order valence-corrected chi connectivity index (χ0v) is 15.8. The quantitative estimate of drug-likeness (QED) is 0.850. The highest BCUT2D eigenvalue weighted by molar-refractivity contribution is 7.93. The van der Waals surface area contributed by atoms with Crippen molar-refractivity contribution in [3.05, 3.63) is 53.1 Å². The number of fused-ring (bicyclic) bond motifs is 1. The van der Waals surface area contributed by atoms with Gasteiger partial charge < -0.3 is 10.0 Å². The van der Waals surface area contributed by atoms with E-state index in [4.69, 9.17) is 0 Å². The molecule has 5 rings (SSSR count). The Morgan fingerprint density at radius 1 is 1.04 bits per heavy atom. The van der Waals surface area contributed by atoms with E-state index in [0.717, 1.165) is 21.1 Å². The lowest BCUT2D eigenvalue weighted by atomic mass is 10.00. The normalized spacial score (nSPS) is 20.3. The molecular weight excluding hydrogens is 380 g/mol. The van der Waals surface area contributed by atoms with Crippen LogP contribution in [0.5, 0.6) is 0 Å². The summed E-state index contributed by atoms with van der Waals surface area (Å²) in [4.78, 5) is 25.7. The number of aryl methyl sites for hydroxylation is 1. The van der Waals surface area contributed by atoms with Gasteiger partial charge in [-0.3, -0.25) is 9.10 Å². The summed E-state index contributed by atoms with van der Waals surface area (Å²) < 4.78 is 28.1. The molecule has 0 fully saturated rings. The predicted octanol–water partition coefficient (Wildman–Crippen LogP) is 1.73. The van der Waals surface area contributed by atoms with Gasteiger partial charge in [-0.15, -0.1) is 0 Å². The third-order valence-electron chi connectivity index (χ3n) is 5.79. The Bertz CT molecular complexity index is 1140. The van der Waals surface area contributed by atoms with Crippen LogP contribution in [-0.4, -0.2) is 38.0 Å². The van der Waals surface area contributed by atoms with E-state index in [0.29, 0.717) is 37.1 Å². The molecule has 0 aromatic heterocycles. The average molecular weight is 398 g/mol. The molecule has 1 atom stereocenters. The van der Waals surface area contributed by atoms with Crippen molar-refractivity contribution >= 4 is 33.3 Å². The number of amides is 1. The lowest BCUT2D eigenvalue weighted by molar-refractivity contribution is -0.138. The van der Waals surface area contributed by atoms with E-state index in [-0.39, 0.29) is 17.2 Å². The van der Waals surface area contributed by atoms with Crippen LogP contribution in [0.2, 0.25) is 0 Å². The maximum atomic E-state index is 13.5. The van der Waals surface area contributed by atoms with Gasteiger partial charge in [0.2, 0.25) is 5.91 Å². The van der Waals surface area contributed by atoms with E-state index in [1.54, 1.807) is 41.3 Å². The van der Waals surface area contributed by atoms with Crippen LogP contribution < -0.4 is 9.21 Å². The van der Waals surface area contributed by atoms with Crippen LogP contribution >= 0.6 is 0 Å². The number of nitrogens with zero attached hydrogens (tertiary/aromatic N) is 2. The summed E-state index contributed by atoms with van der Waals surface area (Å²) >= 11 is 0. The Balaban J connectivity index is 1.66. The summed E-state index contributed by atoms with van der Waals surface area (Å²) in [6.45, 7) is 0.564. The van der Waals surface area contributed by atoms with Gasteiger partial charge in [-0.1, -0.05) is 18.2 Å². The van der Waals surface area contributed by atoms with Crippen LogP contribution in [0.25, 0.3) is 0 Å². The van der Waals surface area contributed by atoms with Gasteiger partial charge in [0.05, 0.1) is 16.3 Å². The molecule has 2 aromatic carbocycles. The number of carboxylic acid groups (broad SMARTS) is 1. The molecule has 3 aliphatic heterocycles. The molecule has 144 valence electrons. The summed E-state index contributed by atoms with van der Waals surface area (Å²) in [6.07, 6.45) is 1.61. The first kappa shape index (κ1) is 17.2. The third kappa shape index (κ3) is 2.30. The van der Waals surface area contributed by atoms with Crippen molar-refractivity contribution in [2.45, 2.75) is 36.6 Å². The van der Waals surface area contributed by atoms with Crippen molar-refractivity contribution in [2.75, 3.05) is 15.7 Å². The Kier molecular flexibility index (Phi) is 3.58. The SMILES string of the molecule is O=C(O)C1Cc2ccccc2N1S(=O)(=O)c1cc2c3c(c1)CCN3C(=O)CC2. The minimum absolute atomic E-state index is 0.0706. The highest BCUT2D eigenvalue weighted by Gasteiger charge is 2.43. The number of carbonyl (C=O) groups excluding carboxylic acids is 1. The zero-order valence-electron chi connectivity index (χ0n) is 15.0. The molecule has 8 heteroatoms. The first-order valence-electron chi connectivity index (χ1n) is 9.19. The standard InChI is InChI=1S/C20H18N2O5S/c23-18-6-5-13-9-15(10-14-7-8-21(18)19(13)14)28(26,27)22-16-4-2-1-3-12(16)11-17(22)20(24)25/h1-4,9-10,17H,5-8,11H2,(H,24,25). The summed E-state index contributed by atoms with van der Waals surface area (Å²) in [6, 6.07) is 8.95. The lowest BCUT2D eigenvalue weighted by Crippen LogP contribution is -2.42. The average Bonchev–Trinajstić information content (AvgIpc) is 3.27. The fraction of sp³-hybridized carbons (Fsp3) is 0.300. The van der Waals surface area contributed by atoms with Gasteiger partial charge in [0, 0.05) is 19.4 Å². The van der Waals surface area contributed by atoms with Gasteiger partial charge in [-0.25, -0.2) is 13.2 Å². The fourth-order valence-electron chi connectivity index (χ4n) is 4.53. The molecule has 3 aliphatic rings. The molecule has 0 radical (unpaired) electrons. The second-order valence-corrected chi connectivity index (χ2v) is 9.19. The van der Waals surface area contributed by atoms with Crippen LogP contribution in [-0.2, 0) is 38.9 Å². The molecule has 0 spiro atoms. The Morgan fingerprint density at radius 2 is 1.75 bits per heavy atom. The van der Waals surface area contributed by atoms with Crippen LogP contribution in [0.4, 0.5) is 11.4 Å². The van der Waals surface area contributed by atoms with Crippen molar-refractivity contribution < 1.29 is 23.1 Å². The van der Waals surface area contributed by atoms with Crippen LogP contribution in [0.1, 0.15) is 23.1 Å². The van der Waals surface area contributed by atoms with Gasteiger partial charge in [0.1, 0.15) is 6.04 Å². The van der Waals surface area contributed by atoms with Gasteiger partial charge >= 0.3 is 5.97 Å². The van der Waals surface area contributed by atoms with E-state index < -0.39 is 22.0 Å². The van der Waals surface area contributed by atoms with Gasteiger partial charge in [0.25, 0.3) is 10.0 Å². The summed E-state index contributed by atoms with van der Waals surface area (Å²) in [5.74, 6) is -1.10.